The Bertz CT molecular complexity index is 998. The van der Waals surface area contributed by atoms with Crippen LogP contribution >= 0.6 is 11.6 Å². The first kappa shape index (κ1) is 26.0. The van der Waals surface area contributed by atoms with Crippen LogP contribution < -0.4 is 10.6 Å². The first-order chi connectivity index (χ1) is 15.3. The number of alkyl carbamates (subject to hydrolysis) is 1. The molecule has 0 spiro atoms. The SMILES string of the molecule is Cc1cccc(Cl)c1NC(=O)C(c1ccc(O)cc1)N(C)C(=O)C(C)NC(=O)OC(C)(C)C. The number of aryl methyl sites for hydroxylation is 1. The number of hydrogen-bond donors (Lipinski definition) is 3. The maximum Gasteiger partial charge on any atom is 0.408 e. The average Bonchev–Trinajstić information content (AvgIpc) is 2.70. The Morgan fingerprint density at radius 3 is 2.24 bits per heavy atom. The summed E-state index contributed by atoms with van der Waals surface area (Å²) in [6.07, 6.45) is -0.742. The molecule has 3 N–H and O–H groups in total. The number of nitrogens with one attached hydrogen (secondary N) is 2. The van der Waals surface area contributed by atoms with Crippen molar-refractivity contribution in [1.29, 1.82) is 0 Å². The number of para-hydroxylation sites is 1. The molecule has 0 aromatic heterocycles. The van der Waals surface area contributed by atoms with E-state index in [-0.39, 0.29) is 5.75 Å². The summed E-state index contributed by atoms with van der Waals surface area (Å²) in [4.78, 5) is 39.8. The lowest BCUT2D eigenvalue weighted by atomic mass is 10.0. The second kappa shape index (κ2) is 10.6. The Morgan fingerprint density at radius 1 is 1.09 bits per heavy atom. The first-order valence-electron chi connectivity index (χ1n) is 10.4. The molecular weight excluding hydrogens is 446 g/mol. The summed E-state index contributed by atoms with van der Waals surface area (Å²) in [5.41, 5.74) is 0.943. The zero-order valence-corrected chi connectivity index (χ0v) is 20.4. The van der Waals surface area contributed by atoms with E-state index in [4.69, 9.17) is 16.3 Å². The van der Waals surface area contributed by atoms with Crippen LogP contribution in [-0.2, 0) is 14.3 Å². The Balaban J connectivity index is 2.31. The number of phenols is 1. The normalized spacial score (nSPS) is 12.9. The van der Waals surface area contributed by atoms with Gasteiger partial charge in [-0.05, 0) is 63.9 Å². The van der Waals surface area contributed by atoms with E-state index in [9.17, 15) is 19.5 Å². The van der Waals surface area contributed by atoms with E-state index in [2.05, 4.69) is 10.6 Å². The van der Waals surface area contributed by atoms with Crippen LogP contribution in [0.2, 0.25) is 5.02 Å². The summed E-state index contributed by atoms with van der Waals surface area (Å²) in [6.45, 7) is 8.46. The number of benzene rings is 2. The van der Waals surface area contributed by atoms with Crippen LogP contribution in [-0.4, -0.2) is 46.6 Å². The maximum atomic E-state index is 13.3. The molecule has 2 rings (SSSR count). The summed E-state index contributed by atoms with van der Waals surface area (Å²) in [6, 6.07) is 9.17. The van der Waals surface area contributed by atoms with Crippen LogP contribution in [0.4, 0.5) is 10.5 Å². The van der Waals surface area contributed by atoms with Gasteiger partial charge in [-0.15, -0.1) is 0 Å². The molecule has 3 amide bonds. The first-order valence-corrected chi connectivity index (χ1v) is 10.8. The predicted molar refractivity (Wildman–Crippen MR) is 127 cm³/mol. The van der Waals surface area contributed by atoms with Gasteiger partial charge in [0.25, 0.3) is 5.91 Å². The molecule has 0 saturated carbocycles. The Morgan fingerprint density at radius 2 is 1.70 bits per heavy atom. The third kappa shape index (κ3) is 7.12. The average molecular weight is 476 g/mol. The largest absolute Gasteiger partial charge is 0.508 e. The molecule has 0 fully saturated rings. The highest BCUT2D eigenvalue weighted by Gasteiger charge is 2.32. The van der Waals surface area contributed by atoms with Crippen LogP contribution in [0.25, 0.3) is 0 Å². The van der Waals surface area contributed by atoms with Gasteiger partial charge >= 0.3 is 6.09 Å². The predicted octanol–water partition coefficient (Wildman–Crippen LogP) is 4.41. The molecule has 2 aromatic rings. The molecule has 0 aliphatic carbocycles. The fourth-order valence-corrected chi connectivity index (χ4v) is 3.44. The second-order valence-electron chi connectivity index (χ2n) is 8.73. The zero-order valence-electron chi connectivity index (χ0n) is 19.6. The highest BCUT2D eigenvalue weighted by atomic mass is 35.5. The molecule has 33 heavy (non-hydrogen) atoms. The van der Waals surface area contributed by atoms with E-state index in [1.165, 1.54) is 31.0 Å². The number of anilines is 1. The molecule has 0 aliphatic rings. The van der Waals surface area contributed by atoms with Gasteiger partial charge in [-0.3, -0.25) is 9.59 Å². The molecule has 0 saturated heterocycles. The number of rotatable bonds is 6. The van der Waals surface area contributed by atoms with Gasteiger partial charge < -0.3 is 25.4 Å². The number of aromatic hydroxyl groups is 1. The molecule has 9 heteroatoms. The lowest BCUT2D eigenvalue weighted by Gasteiger charge is -2.30. The number of carbonyl (C=O) groups is 3. The summed E-state index contributed by atoms with van der Waals surface area (Å²) in [5.74, 6) is -0.990. The molecule has 0 aliphatic heterocycles. The number of ether oxygens (including phenoxy) is 1. The van der Waals surface area contributed by atoms with Crippen LogP contribution in [0, 0.1) is 6.92 Å². The van der Waals surface area contributed by atoms with Crippen molar-refractivity contribution < 1.29 is 24.2 Å². The summed E-state index contributed by atoms with van der Waals surface area (Å²) in [5, 5.41) is 15.3. The molecule has 2 atom stereocenters. The van der Waals surface area contributed by atoms with Crippen LogP contribution in [0.5, 0.6) is 5.75 Å². The van der Waals surface area contributed by atoms with E-state index in [1.54, 1.807) is 58.0 Å². The Labute approximate surface area is 198 Å². The third-order valence-corrected chi connectivity index (χ3v) is 5.08. The van der Waals surface area contributed by atoms with Crippen molar-refractivity contribution in [2.75, 3.05) is 12.4 Å². The van der Waals surface area contributed by atoms with Crippen molar-refractivity contribution in [2.45, 2.75) is 52.3 Å². The molecule has 8 nitrogen and oxygen atoms in total. The fourth-order valence-electron chi connectivity index (χ4n) is 3.17. The summed E-state index contributed by atoms with van der Waals surface area (Å²) >= 11 is 6.26. The van der Waals surface area contributed by atoms with Gasteiger partial charge in [-0.1, -0.05) is 35.9 Å². The third-order valence-electron chi connectivity index (χ3n) is 4.77. The van der Waals surface area contributed by atoms with Crippen molar-refractivity contribution in [3.05, 3.63) is 58.6 Å². The lowest BCUT2D eigenvalue weighted by molar-refractivity contribution is -0.138. The molecule has 178 valence electrons. The minimum Gasteiger partial charge on any atom is -0.508 e. The quantitative estimate of drug-likeness (QED) is 0.573. The number of nitrogens with zero attached hydrogens (tertiary/aromatic N) is 1. The number of carbonyl (C=O) groups excluding carboxylic acids is 3. The number of phenolic OH excluding ortho intramolecular Hbond substituents is 1. The van der Waals surface area contributed by atoms with Gasteiger partial charge in [0.15, 0.2) is 0 Å². The van der Waals surface area contributed by atoms with Gasteiger partial charge in [0.2, 0.25) is 5.91 Å². The standard InChI is InChI=1S/C24H30ClN3O5/c1-14-8-7-9-18(25)19(14)27-21(30)20(16-10-12-17(29)13-11-16)28(6)22(31)15(2)26-23(32)33-24(3,4)5/h7-13,15,20,29H,1-6H3,(H,26,32)(H,27,30). The van der Waals surface area contributed by atoms with Crippen molar-refractivity contribution in [2.24, 2.45) is 0 Å². The topological polar surface area (TPSA) is 108 Å². The number of hydrogen-bond acceptors (Lipinski definition) is 5. The summed E-state index contributed by atoms with van der Waals surface area (Å²) < 4.78 is 5.21. The van der Waals surface area contributed by atoms with E-state index >= 15 is 0 Å². The molecule has 0 heterocycles. The van der Waals surface area contributed by atoms with Crippen LogP contribution in [0.3, 0.4) is 0 Å². The van der Waals surface area contributed by atoms with E-state index in [1.807, 2.05) is 0 Å². The van der Waals surface area contributed by atoms with E-state index in [0.29, 0.717) is 16.3 Å². The van der Waals surface area contributed by atoms with Gasteiger partial charge in [0.05, 0.1) is 10.7 Å². The molecule has 2 unspecified atom stereocenters. The Kier molecular flexibility index (Phi) is 8.33. The number of likely N-dealkylation sites (N-methyl/N-ethyl adjacent to an activating group) is 1. The van der Waals surface area contributed by atoms with Crippen molar-refractivity contribution in [3.63, 3.8) is 0 Å². The molecular formula is C24H30ClN3O5. The highest BCUT2D eigenvalue weighted by Crippen LogP contribution is 2.29. The highest BCUT2D eigenvalue weighted by molar-refractivity contribution is 6.34. The maximum absolute atomic E-state index is 13.3. The van der Waals surface area contributed by atoms with Crippen LogP contribution in [0.15, 0.2) is 42.5 Å². The minimum absolute atomic E-state index is 0.0220. The number of halogens is 1. The Hall–Kier alpha value is -3.26. The molecule has 2 aromatic carbocycles. The van der Waals surface area contributed by atoms with Gasteiger partial charge in [0.1, 0.15) is 23.4 Å². The van der Waals surface area contributed by atoms with Gasteiger partial charge in [-0.25, -0.2) is 4.79 Å². The molecule has 0 radical (unpaired) electrons. The van der Waals surface area contributed by atoms with E-state index < -0.39 is 35.6 Å². The zero-order chi connectivity index (χ0) is 24.9. The van der Waals surface area contributed by atoms with Gasteiger partial charge in [-0.2, -0.15) is 0 Å². The van der Waals surface area contributed by atoms with E-state index in [0.717, 1.165) is 5.56 Å². The summed E-state index contributed by atoms with van der Waals surface area (Å²) in [7, 11) is 1.46. The van der Waals surface area contributed by atoms with Gasteiger partial charge in [0, 0.05) is 7.05 Å². The van der Waals surface area contributed by atoms with Crippen molar-refractivity contribution in [1.82, 2.24) is 10.2 Å². The number of amides is 3. The smallest absolute Gasteiger partial charge is 0.408 e. The molecule has 0 bridgehead atoms. The second-order valence-corrected chi connectivity index (χ2v) is 9.14. The minimum atomic E-state index is -1.06. The van der Waals surface area contributed by atoms with Crippen LogP contribution in [0.1, 0.15) is 44.9 Å². The lowest BCUT2D eigenvalue weighted by Crippen LogP contribution is -2.49. The monoisotopic (exact) mass is 475 g/mol. The van der Waals surface area contributed by atoms with Crippen molar-refractivity contribution >= 4 is 35.2 Å². The van der Waals surface area contributed by atoms with Crippen molar-refractivity contribution in [3.8, 4) is 5.75 Å². The fraction of sp³-hybridized carbons (Fsp3) is 0.375.